The van der Waals surface area contributed by atoms with Gasteiger partial charge in [-0.3, -0.25) is 4.21 Å². The van der Waals surface area contributed by atoms with Gasteiger partial charge in [0.2, 0.25) is 0 Å². The van der Waals surface area contributed by atoms with Crippen molar-refractivity contribution in [1.29, 1.82) is 0 Å². The fourth-order valence-corrected chi connectivity index (χ4v) is 2.31. The SMILES string of the molecule is CNC(c1ccc(C)cc1)C(C)S(C)=O. The lowest BCUT2D eigenvalue weighted by Gasteiger charge is -2.22. The van der Waals surface area contributed by atoms with Gasteiger partial charge in [0.25, 0.3) is 0 Å². The van der Waals surface area contributed by atoms with Crippen molar-refractivity contribution in [3.05, 3.63) is 35.4 Å². The van der Waals surface area contributed by atoms with E-state index in [4.69, 9.17) is 0 Å². The number of aryl methyl sites for hydroxylation is 1. The molecule has 1 aromatic carbocycles. The van der Waals surface area contributed by atoms with E-state index in [1.807, 2.05) is 14.0 Å². The molecule has 1 aromatic rings. The first kappa shape index (κ1) is 12.4. The zero-order valence-corrected chi connectivity index (χ0v) is 10.6. The van der Waals surface area contributed by atoms with Crippen LogP contribution in [0.4, 0.5) is 0 Å². The zero-order chi connectivity index (χ0) is 11.4. The second kappa shape index (κ2) is 5.42. The fraction of sp³-hybridized carbons (Fsp3) is 0.500. The van der Waals surface area contributed by atoms with Gasteiger partial charge in [-0.1, -0.05) is 29.8 Å². The van der Waals surface area contributed by atoms with Crippen LogP contribution in [-0.4, -0.2) is 22.8 Å². The molecule has 0 aliphatic heterocycles. The monoisotopic (exact) mass is 225 g/mol. The molecule has 3 heteroatoms. The molecular weight excluding hydrogens is 206 g/mol. The van der Waals surface area contributed by atoms with Gasteiger partial charge in [-0.2, -0.15) is 0 Å². The molecule has 0 aliphatic carbocycles. The Bertz CT molecular complexity index is 334. The predicted molar refractivity (Wildman–Crippen MR) is 66.5 cm³/mol. The lowest BCUT2D eigenvalue weighted by atomic mass is 10.0. The Morgan fingerprint density at radius 2 is 1.80 bits per heavy atom. The molecule has 0 aliphatic rings. The summed E-state index contributed by atoms with van der Waals surface area (Å²) in [6, 6.07) is 8.53. The van der Waals surface area contributed by atoms with E-state index in [1.165, 1.54) is 11.1 Å². The van der Waals surface area contributed by atoms with E-state index in [9.17, 15) is 4.21 Å². The molecule has 15 heavy (non-hydrogen) atoms. The van der Waals surface area contributed by atoms with Crippen LogP contribution in [0.2, 0.25) is 0 Å². The maximum atomic E-state index is 11.5. The van der Waals surface area contributed by atoms with Crippen molar-refractivity contribution in [3.8, 4) is 0 Å². The fourth-order valence-electron chi connectivity index (χ4n) is 1.64. The van der Waals surface area contributed by atoms with E-state index in [-0.39, 0.29) is 11.3 Å². The Morgan fingerprint density at radius 3 is 2.20 bits per heavy atom. The maximum Gasteiger partial charge on any atom is 0.0511 e. The van der Waals surface area contributed by atoms with Crippen LogP contribution in [0, 0.1) is 6.92 Å². The number of rotatable bonds is 4. The first-order valence-corrected chi connectivity index (χ1v) is 6.74. The van der Waals surface area contributed by atoms with Gasteiger partial charge in [0.1, 0.15) is 0 Å². The van der Waals surface area contributed by atoms with E-state index >= 15 is 0 Å². The van der Waals surface area contributed by atoms with Crippen LogP contribution in [0.15, 0.2) is 24.3 Å². The maximum absolute atomic E-state index is 11.5. The number of nitrogens with one attached hydrogen (secondary N) is 1. The Kier molecular flexibility index (Phi) is 4.48. The van der Waals surface area contributed by atoms with Gasteiger partial charge in [-0.05, 0) is 26.5 Å². The first-order chi connectivity index (χ1) is 7.06. The molecule has 0 saturated heterocycles. The third kappa shape index (κ3) is 3.14. The van der Waals surface area contributed by atoms with Gasteiger partial charge in [-0.25, -0.2) is 0 Å². The minimum atomic E-state index is -0.809. The van der Waals surface area contributed by atoms with Crippen LogP contribution in [0.5, 0.6) is 0 Å². The number of hydrogen-bond acceptors (Lipinski definition) is 2. The summed E-state index contributed by atoms with van der Waals surface area (Å²) in [5, 5.41) is 3.35. The number of benzene rings is 1. The highest BCUT2D eigenvalue weighted by Gasteiger charge is 2.19. The Labute approximate surface area is 94.5 Å². The average Bonchev–Trinajstić information content (AvgIpc) is 2.21. The molecule has 0 heterocycles. The minimum Gasteiger partial charge on any atom is -0.312 e. The molecule has 0 aromatic heterocycles. The summed E-state index contributed by atoms with van der Waals surface area (Å²) >= 11 is 0. The summed E-state index contributed by atoms with van der Waals surface area (Å²) in [5.41, 5.74) is 2.45. The average molecular weight is 225 g/mol. The molecule has 84 valence electrons. The van der Waals surface area contributed by atoms with Crippen molar-refractivity contribution in [3.63, 3.8) is 0 Å². The van der Waals surface area contributed by atoms with Gasteiger partial charge in [0.15, 0.2) is 0 Å². The normalized spacial score (nSPS) is 17.1. The third-order valence-corrected chi connectivity index (χ3v) is 4.06. The van der Waals surface area contributed by atoms with Crippen molar-refractivity contribution in [2.75, 3.05) is 13.3 Å². The molecule has 0 amide bonds. The largest absolute Gasteiger partial charge is 0.312 e. The Hall–Kier alpha value is -0.670. The van der Waals surface area contributed by atoms with Crippen LogP contribution >= 0.6 is 0 Å². The molecule has 0 bridgehead atoms. The van der Waals surface area contributed by atoms with Gasteiger partial charge in [0.05, 0.1) is 5.25 Å². The van der Waals surface area contributed by atoms with Crippen molar-refractivity contribution >= 4 is 10.8 Å². The minimum absolute atomic E-state index is 0.123. The molecule has 0 spiro atoms. The summed E-state index contributed by atoms with van der Waals surface area (Å²) in [6.45, 7) is 4.08. The molecule has 0 fully saturated rings. The standard InChI is InChI=1S/C12H19NOS/c1-9-5-7-11(8-6-9)12(13-3)10(2)15(4)14/h5-8,10,12-13H,1-4H3. The second-order valence-corrected chi connectivity index (χ2v) is 5.62. The summed E-state index contributed by atoms with van der Waals surface area (Å²) in [7, 11) is 1.10. The smallest absolute Gasteiger partial charge is 0.0511 e. The highest BCUT2D eigenvalue weighted by molar-refractivity contribution is 7.84. The summed E-state index contributed by atoms with van der Waals surface area (Å²) in [6.07, 6.45) is 1.75. The molecule has 0 radical (unpaired) electrons. The van der Waals surface area contributed by atoms with Crippen LogP contribution in [0.1, 0.15) is 24.1 Å². The van der Waals surface area contributed by atoms with Gasteiger partial charge < -0.3 is 5.32 Å². The highest BCUT2D eigenvalue weighted by Crippen LogP contribution is 2.20. The van der Waals surface area contributed by atoms with Crippen molar-refractivity contribution in [1.82, 2.24) is 5.32 Å². The van der Waals surface area contributed by atoms with Gasteiger partial charge >= 0.3 is 0 Å². The zero-order valence-electron chi connectivity index (χ0n) is 9.78. The molecule has 1 rings (SSSR count). The van der Waals surface area contributed by atoms with E-state index in [0.29, 0.717) is 0 Å². The van der Waals surface area contributed by atoms with E-state index in [2.05, 4.69) is 36.5 Å². The van der Waals surface area contributed by atoms with Gasteiger partial charge in [0, 0.05) is 23.1 Å². The molecule has 2 nitrogen and oxygen atoms in total. The van der Waals surface area contributed by atoms with Crippen LogP contribution in [0.3, 0.4) is 0 Å². The topological polar surface area (TPSA) is 29.1 Å². The summed E-state index contributed by atoms with van der Waals surface area (Å²) < 4.78 is 11.5. The van der Waals surface area contributed by atoms with Crippen LogP contribution in [-0.2, 0) is 10.8 Å². The molecule has 3 atom stereocenters. The lowest BCUT2D eigenvalue weighted by Crippen LogP contribution is -2.30. The van der Waals surface area contributed by atoms with E-state index in [0.717, 1.165) is 0 Å². The highest BCUT2D eigenvalue weighted by atomic mass is 32.2. The van der Waals surface area contributed by atoms with Gasteiger partial charge in [-0.15, -0.1) is 0 Å². The predicted octanol–water partition coefficient (Wildman–Crippen LogP) is 2.02. The first-order valence-electron chi connectivity index (χ1n) is 5.12. The summed E-state index contributed by atoms with van der Waals surface area (Å²) in [5.74, 6) is 0. The number of hydrogen-bond donors (Lipinski definition) is 1. The summed E-state index contributed by atoms with van der Waals surface area (Å²) in [4.78, 5) is 0. The molecule has 0 saturated carbocycles. The Balaban J connectivity index is 2.92. The Morgan fingerprint density at radius 1 is 1.27 bits per heavy atom. The van der Waals surface area contributed by atoms with Crippen molar-refractivity contribution in [2.24, 2.45) is 0 Å². The van der Waals surface area contributed by atoms with Crippen LogP contribution < -0.4 is 5.32 Å². The van der Waals surface area contributed by atoms with E-state index < -0.39 is 10.8 Å². The van der Waals surface area contributed by atoms with E-state index in [1.54, 1.807) is 6.26 Å². The molecule has 1 N–H and O–H groups in total. The molecular formula is C12H19NOS. The lowest BCUT2D eigenvalue weighted by molar-refractivity contribution is 0.572. The third-order valence-electron chi connectivity index (χ3n) is 2.74. The quantitative estimate of drug-likeness (QED) is 0.849. The molecule has 3 unspecified atom stereocenters. The van der Waals surface area contributed by atoms with Crippen molar-refractivity contribution in [2.45, 2.75) is 25.1 Å². The second-order valence-electron chi connectivity index (χ2n) is 3.88. The van der Waals surface area contributed by atoms with Crippen LogP contribution in [0.25, 0.3) is 0 Å². The van der Waals surface area contributed by atoms with Crippen molar-refractivity contribution < 1.29 is 4.21 Å².